The van der Waals surface area contributed by atoms with Crippen LogP contribution in [0.4, 0.5) is 16.2 Å². The summed E-state index contributed by atoms with van der Waals surface area (Å²) in [5.41, 5.74) is 3.86. The Morgan fingerprint density at radius 2 is 1.95 bits per heavy atom. The minimum atomic E-state index is -1.19. The molecule has 0 bridgehead atoms. The Morgan fingerprint density at radius 3 is 2.72 bits per heavy atom. The maximum absolute atomic E-state index is 13.9. The van der Waals surface area contributed by atoms with Crippen LogP contribution in [-0.2, 0) is 4.79 Å². The van der Waals surface area contributed by atoms with Crippen molar-refractivity contribution in [2.45, 2.75) is 20.0 Å². The van der Waals surface area contributed by atoms with Crippen molar-refractivity contribution in [2.75, 3.05) is 23.9 Å². The third kappa shape index (κ3) is 5.59. The van der Waals surface area contributed by atoms with Gasteiger partial charge in [0.2, 0.25) is 17.9 Å². The molecule has 2 aromatic heterocycles. The lowest BCUT2D eigenvalue weighted by atomic mass is 10.0. The van der Waals surface area contributed by atoms with Crippen molar-refractivity contribution in [3.8, 4) is 17.3 Å². The molecule has 2 aromatic carbocycles. The summed E-state index contributed by atoms with van der Waals surface area (Å²) < 4.78 is 5.32. The highest BCUT2D eigenvalue weighted by Crippen LogP contribution is 2.29. The van der Waals surface area contributed by atoms with Crippen molar-refractivity contribution in [1.82, 2.24) is 30.9 Å². The number of ether oxygens (including phenoxy) is 1. The van der Waals surface area contributed by atoms with Gasteiger partial charge in [-0.15, -0.1) is 10.2 Å². The van der Waals surface area contributed by atoms with Crippen LogP contribution in [-0.4, -0.2) is 63.1 Å². The summed E-state index contributed by atoms with van der Waals surface area (Å²) in [5.74, 6) is 0.628. The summed E-state index contributed by atoms with van der Waals surface area (Å²) in [4.78, 5) is 37.6. The second-order valence-corrected chi connectivity index (χ2v) is 9.24. The number of para-hydroxylation sites is 1. The van der Waals surface area contributed by atoms with E-state index in [1.807, 2.05) is 38.1 Å². The Morgan fingerprint density at radius 1 is 1.10 bits per heavy atom. The molecule has 1 aliphatic rings. The number of benzene rings is 2. The van der Waals surface area contributed by atoms with Crippen LogP contribution in [0.3, 0.4) is 0 Å². The average Bonchev–Trinajstić information content (AvgIpc) is 3.46. The minimum Gasteiger partial charge on any atom is -0.481 e. The smallest absolute Gasteiger partial charge is 0.321 e. The second-order valence-electron chi connectivity index (χ2n) is 9.24. The molecule has 39 heavy (non-hydrogen) atoms. The van der Waals surface area contributed by atoms with Crippen LogP contribution in [0.15, 0.2) is 71.9 Å². The van der Waals surface area contributed by atoms with Gasteiger partial charge in [0.1, 0.15) is 0 Å². The van der Waals surface area contributed by atoms with Crippen LogP contribution in [0.2, 0.25) is 0 Å². The maximum atomic E-state index is 13.9. The van der Waals surface area contributed by atoms with E-state index in [1.165, 1.54) is 7.11 Å². The zero-order valence-corrected chi connectivity index (χ0v) is 21.6. The molecule has 12 heteroatoms. The number of methoxy groups -OCH3 is 1. The molecule has 5 rings (SSSR count). The molecule has 3 heterocycles. The lowest BCUT2D eigenvalue weighted by Gasteiger charge is -2.27. The molecule has 0 aliphatic carbocycles. The highest BCUT2D eigenvalue weighted by Gasteiger charge is 2.33. The fourth-order valence-electron chi connectivity index (χ4n) is 4.29. The van der Waals surface area contributed by atoms with Crippen LogP contribution in [0.25, 0.3) is 11.4 Å². The monoisotopic (exact) mass is 525 g/mol. The van der Waals surface area contributed by atoms with E-state index < -0.39 is 12.2 Å². The van der Waals surface area contributed by atoms with Gasteiger partial charge >= 0.3 is 6.03 Å². The van der Waals surface area contributed by atoms with E-state index in [2.05, 4.69) is 36.2 Å². The Balaban J connectivity index is 1.50. The molecule has 0 saturated carbocycles. The first kappa shape index (κ1) is 25.5. The molecule has 3 N–H and O–H groups in total. The number of H-pyrrole nitrogens is 1. The van der Waals surface area contributed by atoms with E-state index in [-0.39, 0.29) is 11.8 Å². The SMILES string of the molecule is COc1cc(C2=N[C@@H](NC(=O)Nc3cccc(-c4nn[nH]n4)c3)C(=O)N(CC(C)C)c3ccccc32)ccn1. The van der Waals surface area contributed by atoms with Gasteiger partial charge in [-0.25, -0.2) is 14.8 Å². The van der Waals surface area contributed by atoms with Crippen molar-refractivity contribution >= 4 is 29.0 Å². The van der Waals surface area contributed by atoms with Gasteiger partial charge in [0, 0.05) is 41.2 Å². The largest absolute Gasteiger partial charge is 0.481 e. The molecular weight excluding hydrogens is 498 g/mol. The highest BCUT2D eigenvalue weighted by atomic mass is 16.5. The number of carbonyl (C=O) groups excluding carboxylic acids is 2. The van der Waals surface area contributed by atoms with Crippen molar-refractivity contribution in [3.63, 3.8) is 0 Å². The molecular formula is C27H27N9O3. The molecule has 1 aliphatic heterocycles. The first-order chi connectivity index (χ1) is 18.9. The number of pyridine rings is 1. The summed E-state index contributed by atoms with van der Waals surface area (Å²) in [6.45, 7) is 4.51. The maximum Gasteiger partial charge on any atom is 0.321 e. The molecule has 0 spiro atoms. The zero-order valence-electron chi connectivity index (χ0n) is 21.6. The van der Waals surface area contributed by atoms with Crippen LogP contribution >= 0.6 is 0 Å². The van der Waals surface area contributed by atoms with Crippen LogP contribution < -0.4 is 20.3 Å². The number of benzodiazepines with no additional fused rings is 1. The zero-order chi connectivity index (χ0) is 27.4. The topological polar surface area (TPSA) is 150 Å². The number of anilines is 2. The molecule has 0 unspecified atom stereocenters. The number of aromatic nitrogens is 5. The second kappa shape index (κ2) is 11.1. The summed E-state index contributed by atoms with van der Waals surface area (Å²) in [6, 6.07) is 17.5. The van der Waals surface area contributed by atoms with Crippen molar-refractivity contribution < 1.29 is 14.3 Å². The van der Waals surface area contributed by atoms with Gasteiger partial charge < -0.3 is 20.3 Å². The predicted octanol–water partition coefficient (Wildman–Crippen LogP) is 3.26. The molecule has 12 nitrogen and oxygen atoms in total. The lowest BCUT2D eigenvalue weighted by molar-refractivity contribution is -0.120. The highest BCUT2D eigenvalue weighted by molar-refractivity contribution is 6.20. The average molecular weight is 526 g/mol. The predicted molar refractivity (Wildman–Crippen MR) is 146 cm³/mol. The number of rotatable bonds is 7. The number of tetrazole rings is 1. The third-order valence-electron chi connectivity index (χ3n) is 5.97. The fourth-order valence-corrected chi connectivity index (χ4v) is 4.29. The molecule has 0 fully saturated rings. The number of aliphatic imine (C=N–C) groups is 1. The summed E-state index contributed by atoms with van der Waals surface area (Å²) >= 11 is 0. The summed E-state index contributed by atoms with van der Waals surface area (Å²) in [6.07, 6.45) is 0.426. The first-order valence-electron chi connectivity index (χ1n) is 12.3. The molecule has 0 saturated heterocycles. The lowest BCUT2D eigenvalue weighted by Crippen LogP contribution is -2.49. The molecule has 0 radical (unpaired) electrons. The number of fused-ring (bicyclic) bond motifs is 1. The number of nitrogens with zero attached hydrogens (tertiary/aromatic N) is 6. The number of aromatic amines is 1. The first-order valence-corrected chi connectivity index (χ1v) is 12.3. The number of amides is 3. The van der Waals surface area contributed by atoms with Crippen LogP contribution in [0, 0.1) is 5.92 Å². The number of hydrogen-bond donors (Lipinski definition) is 3. The molecule has 198 valence electrons. The van der Waals surface area contributed by atoms with E-state index in [1.54, 1.807) is 47.5 Å². The van der Waals surface area contributed by atoms with Gasteiger partial charge in [0.05, 0.1) is 18.5 Å². The molecule has 4 aromatic rings. The number of urea groups is 1. The van der Waals surface area contributed by atoms with E-state index in [0.717, 1.165) is 5.56 Å². The summed E-state index contributed by atoms with van der Waals surface area (Å²) in [7, 11) is 1.53. The number of nitrogens with one attached hydrogen (secondary N) is 3. The van der Waals surface area contributed by atoms with Crippen LogP contribution in [0.5, 0.6) is 5.88 Å². The Kier molecular flexibility index (Phi) is 7.26. The fraction of sp³-hybridized carbons (Fsp3) is 0.222. The van der Waals surface area contributed by atoms with Gasteiger partial charge in [-0.1, -0.05) is 44.2 Å². The normalized spacial score (nSPS) is 14.9. The standard InChI is InChI=1S/C27H27N9O3/c1-16(2)15-36-21-10-5-4-9-20(21)23(17-11-12-28-22(14-17)39-3)30-25(26(36)37)31-27(38)29-19-8-6-7-18(13-19)24-32-34-35-33-24/h4-14,16,25H,15H2,1-3H3,(H2,29,31,38)(H,32,33,34,35)/t25-/m0/s1. The van der Waals surface area contributed by atoms with E-state index in [4.69, 9.17) is 9.73 Å². The quantitative estimate of drug-likeness (QED) is 0.335. The number of hydrogen-bond acceptors (Lipinski definition) is 8. The molecule has 3 amide bonds. The van der Waals surface area contributed by atoms with Gasteiger partial charge in [-0.3, -0.25) is 4.79 Å². The van der Waals surface area contributed by atoms with E-state index in [9.17, 15) is 9.59 Å². The van der Waals surface area contributed by atoms with Gasteiger partial charge in [0.15, 0.2) is 0 Å². The van der Waals surface area contributed by atoms with Crippen molar-refractivity contribution in [2.24, 2.45) is 10.9 Å². The Bertz CT molecular complexity index is 1520. The summed E-state index contributed by atoms with van der Waals surface area (Å²) in [5, 5.41) is 19.4. The van der Waals surface area contributed by atoms with E-state index >= 15 is 0 Å². The van der Waals surface area contributed by atoms with E-state index in [0.29, 0.717) is 46.5 Å². The van der Waals surface area contributed by atoms with Gasteiger partial charge in [-0.2, -0.15) is 5.21 Å². The minimum absolute atomic E-state index is 0.173. The van der Waals surface area contributed by atoms with Crippen molar-refractivity contribution in [1.29, 1.82) is 0 Å². The van der Waals surface area contributed by atoms with Crippen molar-refractivity contribution in [3.05, 3.63) is 78.0 Å². The Labute approximate surface area is 224 Å². The van der Waals surface area contributed by atoms with Gasteiger partial charge in [-0.05, 0) is 35.4 Å². The van der Waals surface area contributed by atoms with Gasteiger partial charge in [0.25, 0.3) is 5.91 Å². The third-order valence-corrected chi connectivity index (χ3v) is 5.97. The van der Waals surface area contributed by atoms with Crippen LogP contribution in [0.1, 0.15) is 25.0 Å². The number of carbonyl (C=O) groups is 2. The Hall–Kier alpha value is -5.13. The molecule has 1 atom stereocenters.